The van der Waals surface area contributed by atoms with Crippen LogP contribution in [0.25, 0.3) is 10.8 Å². The molecular formula is C39H44N2O5S. The molecular weight excluding hydrogens is 609 g/mol. The normalized spacial score (nSPS) is 26.6. The summed E-state index contributed by atoms with van der Waals surface area (Å²) in [7, 11) is 0. The number of esters is 1. The Morgan fingerprint density at radius 3 is 2.51 bits per heavy atom. The van der Waals surface area contributed by atoms with Gasteiger partial charge in [-0.05, 0) is 73.9 Å². The third kappa shape index (κ3) is 5.91. The molecule has 3 aliphatic rings. The van der Waals surface area contributed by atoms with Crippen molar-refractivity contribution in [2.45, 2.75) is 67.0 Å². The molecule has 0 aliphatic carbocycles. The van der Waals surface area contributed by atoms with Crippen LogP contribution in [0.4, 0.5) is 5.69 Å². The first-order valence-corrected chi connectivity index (χ1v) is 17.5. The summed E-state index contributed by atoms with van der Waals surface area (Å²) in [6.07, 6.45) is 7.67. The van der Waals surface area contributed by atoms with E-state index in [-0.39, 0.29) is 37.5 Å². The van der Waals surface area contributed by atoms with Crippen molar-refractivity contribution in [1.29, 1.82) is 0 Å². The van der Waals surface area contributed by atoms with Gasteiger partial charge in [-0.25, -0.2) is 0 Å². The Hall–Kier alpha value is -3.88. The number of aliphatic hydroxyl groups excluding tert-OH is 1. The van der Waals surface area contributed by atoms with Gasteiger partial charge in [-0.1, -0.05) is 72.8 Å². The molecule has 7 nitrogen and oxygen atoms in total. The summed E-state index contributed by atoms with van der Waals surface area (Å²) in [5.74, 6) is -2.25. The van der Waals surface area contributed by atoms with Gasteiger partial charge in [0, 0.05) is 17.0 Å². The smallest absolute Gasteiger partial charge is 0.311 e. The number of carbonyl (C=O) groups excluding carboxylic acids is 3. The van der Waals surface area contributed by atoms with E-state index in [9.17, 15) is 14.7 Å². The van der Waals surface area contributed by atoms with E-state index in [0.717, 1.165) is 35.6 Å². The number of amides is 2. The van der Waals surface area contributed by atoms with E-state index >= 15 is 4.79 Å². The predicted octanol–water partition coefficient (Wildman–Crippen LogP) is 6.34. The molecule has 0 saturated carbocycles. The van der Waals surface area contributed by atoms with Gasteiger partial charge in [-0.3, -0.25) is 14.4 Å². The molecule has 0 radical (unpaired) electrons. The number of rotatable bonds is 14. The number of thioether (sulfide) groups is 1. The van der Waals surface area contributed by atoms with Crippen LogP contribution in [0.3, 0.4) is 0 Å². The average Bonchev–Trinajstić information content (AvgIpc) is 3.66. The Balaban J connectivity index is 1.41. The number of unbranched alkanes of at least 4 members (excludes halogenated alkanes) is 2. The van der Waals surface area contributed by atoms with Crippen LogP contribution in [0.15, 0.2) is 98.1 Å². The van der Waals surface area contributed by atoms with Crippen LogP contribution < -0.4 is 4.90 Å². The lowest BCUT2D eigenvalue weighted by Gasteiger charge is -2.39. The second kappa shape index (κ2) is 13.7. The van der Waals surface area contributed by atoms with Gasteiger partial charge in [0.15, 0.2) is 0 Å². The topological polar surface area (TPSA) is 87.1 Å². The minimum Gasteiger partial charge on any atom is -0.465 e. The number of aliphatic hydroxyl groups is 1. The minimum absolute atomic E-state index is 0.224. The predicted molar refractivity (Wildman–Crippen MR) is 188 cm³/mol. The molecule has 3 aromatic carbocycles. The van der Waals surface area contributed by atoms with E-state index in [0.29, 0.717) is 24.9 Å². The average molecular weight is 653 g/mol. The van der Waals surface area contributed by atoms with Gasteiger partial charge in [0.1, 0.15) is 6.04 Å². The van der Waals surface area contributed by atoms with Crippen molar-refractivity contribution in [2.24, 2.45) is 11.8 Å². The van der Waals surface area contributed by atoms with Gasteiger partial charge in [0.2, 0.25) is 5.91 Å². The van der Waals surface area contributed by atoms with Crippen molar-refractivity contribution >= 4 is 46.0 Å². The second-order valence-electron chi connectivity index (χ2n) is 13.2. The van der Waals surface area contributed by atoms with Crippen LogP contribution >= 0.6 is 11.8 Å². The lowest BCUT2D eigenvalue weighted by atomic mass is 9.66. The zero-order valence-corrected chi connectivity index (χ0v) is 27.9. The molecule has 6 atom stereocenters. The van der Waals surface area contributed by atoms with Crippen molar-refractivity contribution in [3.63, 3.8) is 0 Å². The fraction of sp³-hybridized carbons (Fsp3) is 0.410. The quantitative estimate of drug-likeness (QED) is 0.124. The zero-order chi connectivity index (χ0) is 33.2. The van der Waals surface area contributed by atoms with Crippen LogP contribution in [0.1, 0.15) is 44.6 Å². The van der Waals surface area contributed by atoms with E-state index in [1.54, 1.807) is 27.6 Å². The minimum atomic E-state index is -0.885. The summed E-state index contributed by atoms with van der Waals surface area (Å²) in [5.41, 5.74) is 1.67. The van der Waals surface area contributed by atoms with Gasteiger partial charge in [-0.2, -0.15) is 0 Å². The number of fused-ring (bicyclic) bond motifs is 2. The largest absolute Gasteiger partial charge is 0.465 e. The number of carbonyl (C=O) groups is 3. The van der Waals surface area contributed by atoms with Gasteiger partial charge in [-0.15, -0.1) is 24.9 Å². The molecule has 2 amide bonds. The molecule has 1 spiro atoms. The van der Waals surface area contributed by atoms with Crippen molar-refractivity contribution in [1.82, 2.24) is 4.90 Å². The highest BCUT2D eigenvalue weighted by molar-refractivity contribution is 8.02. The maximum Gasteiger partial charge on any atom is 0.311 e. The fourth-order valence-electron chi connectivity index (χ4n) is 8.13. The van der Waals surface area contributed by atoms with Gasteiger partial charge >= 0.3 is 5.97 Å². The number of hydrogen-bond acceptors (Lipinski definition) is 6. The number of nitrogens with zero attached hydrogens (tertiary/aromatic N) is 2. The van der Waals surface area contributed by atoms with Crippen LogP contribution in [-0.4, -0.2) is 69.1 Å². The monoisotopic (exact) mass is 652 g/mol. The van der Waals surface area contributed by atoms with Gasteiger partial charge in [0.25, 0.3) is 5.91 Å². The lowest BCUT2D eigenvalue weighted by Crippen LogP contribution is -2.58. The third-order valence-corrected chi connectivity index (χ3v) is 12.3. The van der Waals surface area contributed by atoms with E-state index in [4.69, 9.17) is 4.74 Å². The van der Waals surface area contributed by atoms with Crippen LogP contribution in [0.2, 0.25) is 0 Å². The van der Waals surface area contributed by atoms with Crippen molar-refractivity contribution < 1.29 is 24.2 Å². The molecule has 1 N–H and O–H groups in total. The molecule has 3 aliphatic heterocycles. The fourth-order valence-corrected chi connectivity index (χ4v) is 10.5. The maximum atomic E-state index is 15.1. The van der Waals surface area contributed by atoms with E-state index in [1.807, 2.05) is 85.8 Å². The van der Waals surface area contributed by atoms with Gasteiger partial charge < -0.3 is 19.6 Å². The summed E-state index contributed by atoms with van der Waals surface area (Å²) in [6, 6.07) is 22.1. The lowest BCUT2D eigenvalue weighted by molar-refractivity contribution is -0.156. The zero-order valence-electron chi connectivity index (χ0n) is 27.1. The highest BCUT2D eigenvalue weighted by Gasteiger charge is 2.78. The summed E-state index contributed by atoms with van der Waals surface area (Å²) in [5, 5.41) is 12.9. The molecule has 3 saturated heterocycles. The number of benzene rings is 3. The highest BCUT2D eigenvalue weighted by atomic mass is 32.2. The molecule has 3 aromatic rings. The number of ether oxygens (including phenoxy) is 1. The third-order valence-electron chi connectivity index (χ3n) is 10.3. The first-order chi connectivity index (χ1) is 22.8. The SMILES string of the molecule is C=CCCCCOC(=O)[C@H]1[C@H]2C(=O)N([C@@H](CO)Cc3ccccc3)C(C(=O)N(CC=C)c3ccc4ccccc4c3)C23CC[C@]1(C)S3. The second-order valence-corrected chi connectivity index (χ2v) is 15.1. The Morgan fingerprint density at radius 2 is 1.79 bits per heavy atom. The summed E-state index contributed by atoms with van der Waals surface area (Å²) in [4.78, 5) is 47.2. The van der Waals surface area contributed by atoms with Crippen LogP contribution in [-0.2, 0) is 25.5 Å². The maximum absolute atomic E-state index is 15.1. The number of allylic oxidation sites excluding steroid dienone is 1. The summed E-state index contributed by atoms with van der Waals surface area (Å²) >= 11 is 1.62. The van der Waals surface area contributed by atoms with E-state index in [1.165, 1.54) is 0 Å². The van der Waals surface area contributed by atoms with E-state index < -0.39 is 33.4 Å². The number of likely N-dealkylation sites (tertiary alicyclic amines) is 1. The summed E-state index contributed by atoms with van der Waals surface area (Å²) < 4.78 is 4.46. The van der Waals surface area contributed by atoms with Crippen LogP contribution in [0, 0.1) is 11.8 Å². The molecule has 246 valence electrons. The molecule has 0 aromatic heterocycles. The van der Waals surface area contributed by atoms with Gasteiger partial charge in [0.05, 0.1) is 35.8 Å². The molecule has 2 bridgehead atoms. The first kappa shape index (κ1) is 33.0. The van der Waals surface area contributed by atoms with Crippen LogP contribution in [0.5, 0.6) is 0 Å². The van der Waals surface area contributed by atoms with Crippen molar-refractivity contribution in [3.8, 4) is 0 Å². The highest BCUT2D eigenvalue weighted by Crippen LogP contribution is 2.72. The Bertz CT molecular complexity index is 1660. The molecule has 2 unspecified atom stereocenters. The number of anilines is 1. The Morgan fingerprint density at radius 1 is 1.04 bits per heavy atom. The number of hydrogen-bond donors (Lipinski definition) is 1. The van der Waals surface area contributed by atoms with Crippen molar-refractivity contribution in [2.75, 3.05) is 24.7 Å². The first-order valence-electron chi connectivity index (χ1n) is 16.6. The Kier molecular flexibility index (Phi) is 9.62. The molecule has 8 heteroatoms. The summed E-state index contributed by atoms with van der Waals surface area (Å²) in [6.45, 7) is 9.98. The molecule has 47 heavy (non-hydrogen) atoms. The molecule has 6 rings (SSSR count). The standard InChI is InChI=1S/C39H44N2O5S/c1-4-6-7-13-23-46-37(45)33-32-35(43)41(31(26-42)24-27-14-9-8-10-15-27)34(39(32)21-20-38(33,3)47-39)36(44)40(22-5-2)30-19-18-28-16-11-12-17-29(28)25-30/h4-5,8-12,14-19,25,31-34,42H,1-2,6-7,13,20-24,26H2,3H3/t31-,32+,33-,34?,38+,39?/m1/s1. The molecule has 3 heterocycles. The van der Waals surface area contributed by atoms with E-state index in [2.05, 4.69) is 13.2 Å². The van der Waals surface area contributed by atoms with Crippen molar-refractivity contribution in [3.05, 3.63) is 104 Å². The Labute approximate surface area is 281 Å². The molecule has 3 fully saturated rings.